The number of unbranched alkanes of at least 4 members (excludes halogenated alkanes) is 1. The maximum Gasteiger partial charge on any atom is 0.409 e. The van der Waals surface area contributed by atoms with Crippen LogP contribution in [0.4, 0.5) is 4.79 Å². The number of carbonyl (C=O) groups excluding carboxylic acids is 1. The Morgan fingerprint density at radius 2 is 2.06 bits per heavy atom. The van der Waals surface area contributed by atoms with Gasteiger partial charge in [0, 0.05) is 13.1 Å². The predicted molar refractivity (Wildman–Crippen MR) is 68.0 cm³/mol. The van der Waals surface area contributed by atoms with Crippen molar-refractivity contribution in [1.82, 2.24) is 4.90 Å². The van der Waals surface area contributed by atoms with Gasteiger partial charge in [-0.1, -0.05) is 27.2 Å². The summed E-state index contributed by atoms with van der Waals surface area (Å²) >= 11 is 5.49. The molecule has 16 heavy (non-hydrogen) atoms. The van der Waals surface area contributed by atoms with Crippen molar-refractivity contribution >= 4 is 17.7 Å². The number of nitrogens with zero attached hydrogens (tertiary/aromatic N) is 1. The van der Waals surface area contributed by atoms with E-state index in [1.807, 2.05) is 0 Å². The van der Waals surface area contributed by atoms with Crippen LogP contribution in [0.25, 0.3) is 0 Å². The topological polar surface area (TPSA) is 29.5 Å². The molecule has 0 fully saturated rings. The lowest BCUT2D eigenvalue weighted by atomic mass is 10.1. The van der Waals surface area contributed by atoms with Gasteiger partial charge in [-0.3, -0.25) is 0 Å². The second kappa shape index (κ2) is 9.76. The van der Waals surface area contributed by atoms with Crippen LogP contribution in [-0.2, 0) is 4.74 Å². The lowest BCUT2D eigenvalue weighted by molar-refractivity contribution is 0.105. The summed E-state index contributed by atoms with van der Waals surface area (Å²) in [4.78, 5) is 13.5. The fourth-order valence-corrected chi connectivity index (χ4v) is 1.35. The maximum atomic E-state index is 11.7. The Morgan fingerprint density at radius 1 is 1.38 bits per heavy atom. The van der Waals surface area contributed by atoms with E-state index >= 15 is 0 Å². The molecule has 0 rings (SSSR count). The number of rotatable bonds is 8. The zero-order valence-corrected chi connectivity index (χ0v) is 11.4. The van der Waals surface area contributed by atoms with Crippen LogP contribution in [-0.4, -0.2) is 36.6 Å². The molecular weight excluding hydrogens is 226 g/mol. The normalized spacial score (nSPS) is 10.6. The van der Waals surface area contributed by atoms with E-state index in [2.05, 4.69) is 20.8 Å². The lowest BCUT2D eigenvalue weighted by Gasteiger charge is -2.22. The molecule has 0 aromatic rings. The minimum Gasteiger partial charge on any atom is -0.448 e. The highest BCUT2D eigenvalue weighted by Crippen LogP contribution is 2.05. The van der Waals surface area contributed by atoms with Crippen molar-refractivity contribution in [3.8, 4) is 0 Å². The number of halogens is 1. The van der Waals surface area contributed by atoms with E-state index in [4.69, 9.17) is 16.3 Å². The quantitative estimate of drug-likeness (QED) is 0.616. The summed E-state index contributed by atoms with van der Waals surface area (Å²) in [5.41, 5.74) is 0. The van der Waals surface area contributed by atoms with Gasteiger partial charge in [-0.25, -0.2) is 4.79 Å². The summed E-state index contributed by atoms with van der Waals surface area (Å²) in [5, 5.41) is 0. The summed E-state index contributed by atoms with van der Waals surface area (Å²) < 4.78 is 5.04. The number of alkyl halides is 1. The molecule has 3 nitrogen and oxygen atoms in total. The van der Waals surface area contributed by atoms with Gasteiger partial charge in [-0.2, -0.15) is 0 Å². The summed E-state index contributed by atoms with van der Waals surface area (Å²) in [5.74, 6) is 0.960. The van der Waals surface area contributed by atoms with Gasteiger partial charge in [0.15, 0.2) is 0 Å². The molecule has 0 radical (unpaired) electrons. The van der Waals surface area contributed by atoms with Gasteiger partial charge < -0.3 is 9.64 Å². The van der Waals surface area contributed by atoms with Crippen molar-refractivity contribution in [2.24, 2.45) is 5.92 Å². The van der Waals surface area contributed by atoms with E-state index in [-0.39, 0.29) is 6.09 Å². The Morgan fingerprint density at radius 3 is 2.56 bits per heavy atom. The summed E-state index contributed by atoms with van der Waals surface area (Å²) in [6.07, 6.45) is 2.89. The average Bonchev–Trinajstić information content (AvgIpc) is 2.25. The van der Waals surface area contributed by atoms with Crippen LogP contribution in [0.1, 0.15) is 40.0 Å². The second-order valence-corrected chi connectivity index (χ2v) is 4.70. The largest absolute Gasteiger partial charge is 0.448 e. The molecule has 0 saturated heterocycles. The minimum absolute atomic E-state index is 0.227. The molecule has 0 bridgehead atoms. The van der Waals surface area contributed by atoms with Crippen molar-refractivity contribution in [2.75, 3.05) is 25.6 Å². The number of hydrogen-bond acceptors (Lipinski definition) is 2. The predicted octanol–water partition coefficient (Wildman–Crippen LogP) is 3.51. The smallest absolute Gasteiger partial charge is 0.409 e. The third kappa shape index (κ3) is 7.80. The third-order valence-electron chi connectivity index (χ3n) is 2.32. The van der Waals surface area contributed by atoms with Gasteiger partial charge in [0.05, 0.1) is 5.88 Å². The van der Waals surface area contributed by atoms with Crippen molar-refractivity contribution in [1.29, 1.82) is 0 Å². The molecule has 0 aliphatic rings. The lowest BCUT2D eigenvalue weighted by Crippen LogP contribution is -2.34. The van der Waals surface area contributed by atoms with Crippen LogP contribution in [0.3, 0.4) is 0 Å². The first-order chi connectivity index (χ1) is 7.61. The highest BCUT2D eigenvalue weighted by molar-refractivity contribution is 6.18. The second-order valence-electron chi connectivity index (χ2n) is 4.33. The Kier molecular flexibility index (Phi) is 9.49. The SMILES string of the molecule is CCCCN(CCC(C)C)C(=O)OCCCl. The van der Waals surface area contributed by atoms with Gasteiger partial charge in [0.1, 0.15) is 6.61 Å². The molecule has 0 unspecified atom stereocenters. The summed E-state index contributed by atoms with van der Waals surface area (Å²) in [7, 11) is 0. The first-order valence-electron chi connectivity index (χ1n) is 6.09. The van der Waals surface area contributed by atoms with Crippen LogP contribution in [0.15, 0.2) is 0 Å². The summed E-state index contributed by atoms with van der Waals surface area (Å²) in [6, 6.07) is 0. The number of carbonyl (C=O) groups is 1. The van der Waals surface area contributed by atoms with Crippen LogP contribution in [0.2, 0.25) is 0 Å². The van der Waals surface area contributed by atoms with Gasteiger partial charge >= 0.3 is 6.09 Å². The average molecular weight is 250 g/mol. The molecule has 0 spiro atoms. The maximum absolute atomic E-state index is 11.7. The van der Waals surface area contributed by atoms with Gasteiger partial charge in [0.25, 0.3) is 0 Å². The molecule has 0 atom stereocenters. The first-order valence-corrected chi connectivity index (χ1v) is 6.62. The first kappa shape index (κ1) is 15.6. The fourth-order valence-electron chi connectivity index (χ4n) is 1.27. The molecule has 0 heterocycles. The molecule has 0 aromatic carbocycles. The van der Waals surface area contributed by atoms with Gasteiger partial charge in [0.2, 0.25) is 0 Å². The fraction of sp³-hybridized carbons (Fsp3) is 0.917. The van der Waals surface area contributed by atoms with Crippen molar-refractivity contribution in [2.45, 2.75) is 40.0 Å². The van der Waals surface area contributed by atoms with Crippen LogP contribution in [0, 0.1) is 5.92 Å². The van der Waals surface area contributed by atoms with Crippen molar-refractivity contribution in [3.05, 3.63) is 0 Å². The van der Waals surface area contributed by atoms with Gasteiger partial charge in [-0.15, -0.1) is 11.6 Å². The molecule has 0 aromatic heterocycles. The van der Waals surface area contributed by atoms with E-state index in [0.717, 1.165) is 32.4 Å². The molecule has 0 aliphatic carbocycles. The molecule has 4 heteroatoms. The van der Waals surface area contributed by atoms with Gasteiger partial charge in [-0.05, 0) is 18.8 Å². The molecule has 0 saturated carbocycles. The van der Waals surface area contributed by atoms with Crippen molar-refractivity contribution in [3.63, 3.8) is 0 Å². The van der Waals surface area contributed by atoms with Crippen LogP contribution >= 0.6 is 11.6 Å². The van der Waals surface area contributed by atoms with Crippen LogP contribution in [0.5, 0.6) is 0 Å². The molecule has 96 valence electrons. The number of amides is 1. The van der Waals surface area contributed by atoms with E-state index < -0.39 is 0 Å². The van der Waals surface area contributed by atoms with E-state index in [9.17, 15) is 4.79 Å². The monoisotopic (exact) mass is 249 g/mol. The molecule has 0 aliphatic heterocycles. The minimum atomic E-state index is -0.227. The Bertz CT molecular complexity index is 186. The Balaban J connectivity index is 4.01. The highest BCUT2D eigenvalue weighted by Gasteiger charge is 2.14. The zero-order chi connectivity index (χ0) is 12.4. The zero-order valence-electron chi connectivity index (χ0n) is 10.7. The van der Waals surface area contributed by atoms with Crippen molar-refractivity contribution < 1.29 is 9.53 Å². The molecular formula is C12H24ClNO2. The number of hydrogen-bond donors (Lipinski definition) is 0. The summed E-state index contributed by atoms with van der Waals surface area (Å²) in [6.45, 7) is 8.28. The van der Waals surface area contributed by atoms with E-state index in [1.54, 1.807) is 4.90 Å². The number of ether oxygens (including phenoxy) is 1. The third-order valence-corrected chi connectivity index (χ3v) is 2.47. The molecule has 0 N–H and O–H groups in total. The molecule has 1 amide bonds. The standard InChI is InChI=1S/C12H24ClNO2/c1-4-5-8-14(9-6-11(2)3)12(15)16-10-7-13/h11H,4-10H2,1-3H3. The Hall–Kier alpha value is -0.440. The van der Waals surface area contributed by atoms with E-state index in [1.165, 1.54) is 0 Å². The Labute approximate surface area is 104 Å². The van der Waals surface area contributed by atoms with E-state index in [0.29, 0.717) is 18.4 Å². The highest BCUT2D eigenvalue weighted by atomic mass is 35.5. The van der Waals surface area contributed by atoms with Crippen LogP contribution < -0.4 is 0 Å².